The van der Waals surface area contributed by atoms with E-state index in [0.717, 1.165) is 17.0 Å². The minimum Gasteiger partial charge on any atom is -0.352 e. The number of amides is 2. The molecule has 180 valence electrons. The molecule has 0 aliphatic carbocycles. The van der Waals surface area contributed by atoms with Crippen LogP contribution in [0.25, 0.3) is 0 Å². The van der Waals surface area contributed by atoms with Crippen molar-refractivity contribution in [2.24, 2.45) is 0 Å². The molecule has 9 heteroatoms. The van der Waals surface area contributed by atoms with Gasteiger partial charge >= 0.3 is 0 Å². The van der Waals surface area contributed by atoms with E-state index in [1.165, 1.54) is 29.2 Å². The third-order valence-electron chi connectivity index (χ3n) is 5.50. The van der Waals surface area contributed by atoms with Gasteiger partial charge in [0.1, 0.15) is 18.4 Å². The van der Waals surface area contributed by atoms with E-state index in [0.29, 0.717) is 16.8 Å². The Bertz CT molecular complexity index is 1070. The predicted molar refractivity (Wildman–Crippen MR) is 128 cm³/mol. The summed E-state index contributed by atoms with van der Waals surface area (Å²) in [7, 11) is -3.78. The molecule has 0 fully saturated rings. The fourth-order valence-electron chi connectivity index (χ4n) is 3.27. The minimum atomic E-state index is -3.78. The number of para-hydroxylation sites is 1. The molecule has 0 radical (unpaired) electrons. The van der Waals surface area contributed by atoms with E-state index in [1.807, 2.05) is 13.8 Å². The van der Waals surface area contributed by atoms with Crippen molar-refractivity contribution in [3.63, 3.8) is 0 Å². The molecule has 0 bridgehead atoms. The molecular formula is C24H32FN3O4S. The van der Waals surface area contributed by atoms with Gasteiger partial charge in [-0.25, -0.2) is 12.8 Å². The molecule has 0 unspecified atom stereocenters. The van der Waals surface area contributed by atoms with Crippen LogP contribution in [0.1, 0.15) is 38.3 Å². The van der Waals surface area contributed by atoms with Crippen LogP contribution in [0.5, 0.6) is 0 Å². The second-order valence-corrected chi connectivity index (χ2v) is 10.1. The molecule has 0 saturated heterocycles. The van der Waals surface area contributed by atoms with Crippen molar-refractivity contribution in [1.29, 1.82) is 0 Å². The van der Waals surface area contributed by atoms with Crippen LogP contribution in [0.4, 0.5) is 10.1 Å². The smallest absolute Gasteiger partial charge is 0.244 e. The average Bonchev–Trinajstić information content (AvgIpc) is 2.76. The first-order valence-corrected chi connectivity index (χ1v) is 12.7. The number of nitrogens with one attached hydrogen (secondary N) is 1. The lowest BCUT2D eigenvalue weighted by Gasteiger charge is -2.32. The molecule has 0 spiro atoms. The van der Waals surface area contributed by atoms with Gasteiger partial charge in [0.15, 0.2) is 0 Å². The lowest BCUT2D eigenvalue weighted by Crippen LogP contribution is -2.52. The second kappa shape index (κ2) is 11.3. The molecular weight excluding hydrogens is 445 g/mol. The summed E-state index contributed by atoms with van der Waals surface area (Å²) in [4.78, 5) is 27.6. The summed E-state index contributed by atoms with van der Waals surface area (Å²) >= 11 is 0. The highest BCUT2D eigenvalue weighted by Crippen LogP contribution is 2.23. The summed E-state index contributed by atoms with van der Waals surface area (Å²) < 4.78 is 39.5. The second-order valence-electron chi connectivity index (χ2n) is 8.20. The first kappa shape index (κ1) is 26.3. The van der Waals surface area contributed by atoms with Crippen LogP contribution in [0.3, 0.4) is 0 Å². The summed E-state index contributed by atoms with van der Waals surface area (Å²) in [5.41, 5.74) is 1.71. The van der Waals surface area contributed by atoms with E-state index in [9.17, 15) is 22.4 Å². The van der Waals surface area contributed by atoms with Gasteiger partial charge in [-0.05, 0) is 56.5 Å². The number of nitrogens with zero attached hydrogens (tertiary/aromatic N) is 2. The number of rotatable bonds is 10. The molecule has 0 aliphatic rings. The van der Waals surface area contributed by atoms with Gasteiger partial charge in [0.2, 0.25) is 21.8 Å². The van der Waals surface area contributed by atoms with E-state index in [2.05, 4.69) is 5.32 Å². The zero-order chi connectivity index (χ0) is 24.8. The molecule has 2 aromatic rings. The van der Waals surface area contributed by atoms with Crippen LogP contribution in [0.2, 0.25) is 0 Å². The summed E-state index contributed by atoms with van der Waals surface area (Å²) in [5.74, 6) is -1.30. The van der Waals surface area contributed by atoms with Crippen LogP contribution in [0.15, 0.2) is 48.5 Å². The standard InChI is InChI=1S/C24H32FN3O4S/c1-6-18(3)26-24(30)19(4)27(15-20-11-13-21(25)14-12-20)23(29)16-28(33(5,31)32)22-10-8-7-9-17(22)2/h7-14,18-19H,6,15-16H2,1-5H3,(H,26,30)/t18-,19+/m0/s1. The van der Waals surface area contributed by atoms with Crippen LogP contribution in [0, 0.1) is 12.7 Å². The van der Waals surface area contributed by atoms with Crippen LogP contribution >= 0.6 is 0 Å². The van der Waals surface area contributed by atoms with Gasteiger partial charge in [-0.15, -0.1) is 0 Å². The quantitative estimate of drug-likeness (QED) is 0.569. The Hall–Kier alpha value is -2.94. The molecule has 0 heterocycles. The highest BCUT2D eigenvalue weighted by Gasteiger charge is 2.30. The third-order valence-corrected chi connectivity index (χ3v) is 6.62. The van der Waals surface area contributed by atoms with Crippen LogP contribution < -0.4 is 9.62 Å². The monoisotopic (exact) mass is 477 g/mol. The van der Waals surface area contributed by atoms with Gasteiger partial charge in [0.25, 0.3) is 0 Å². The summed E-state index contributed by atoms with van der Waals surface area (Å²) in [5, 5.41) is 2.86. The maximum atomic E-state index is 13.4. The van der Waals surface area contributed by atoms with Gasteiger partial charge in [-0.1, -0.05) is 37.3 Å². The molecule has 2 aromatic carbocycles. The first-order chi connectivity index (χ1) is 15.4. The van der Waals surface area contributed by atoms with Crippen molar-refractivity contribution in [2.75, 3.05) is 17.1 Å². The maximum Gasteiger partial charge on any atom is 0.244 e. The maximum absolute atomic E-state index is 13.4. The number of carbonyl (C=O) groups excluding carboxylic acids is 2. The number of aryl methyl sites for hydroxylation is 1. The van der Waals surface area contributed by atoms with E-state index >= 15 is 0 Å². The average molecular weight is 478 g/mol. The number of anilines is 1. The molecule has 0 saturated carbocycles. The normalized spacial score (nSPS) is 13.2. The van der Waals surface area contributed by atoms with E-state index in [-0.39, 0.29) is 18.5 Å². The summed E-state index contributed by atoms with van der Waals surface area (Å²) in [6.07, 6.45) is 1.76. The van der Waals surface area contributed by atoms with Gasteiger partial charge in [-0.2, -0.15) is 0 Å². The van der Waals surface area contributed by atoms with E-state index in [4.69, 9.17) is 0 Å². The molecule has 0 aliphatic heterocycles. The number of hydrogen-bond donors (Lipinski definition) is 1. The third kappa shape index (κ3) is 7.28. The molecule has 2 amide bonds. The fraction of sp³-hybridized carbons (Fsp3) is 0.417. The van der Waals surface area contributed by atoms with Crippen molar-refractivity contribution < 1.29 is 22.4 Å². The molecule has 7 nitrogen and oxygen atoms in total. The van der Waals surface area contributed by atoms with Crippen LogP contribution in [-0.2, 0) is 26.2 Å². The Morgan fingerprint density at radius 2 is 1.67 bits per heavy atom. The van der Waals surface area contributed by atoms with Crippen molar-refractivity contribution >= 4 is 27.5 Å². The van der Waals surface area contributed by atoms with Gasteiger partial charge in [0, 0.05) is 12.6 Å². The lowest BCUT2D eigenvalue weighted by molar-refractivity contribution is -0.139. The number of sulfonamides is 1. The number of benzene rings is 2. The zero-order valence-electron chi connectivity index (χ0n) is 19.7. The Balaban J connectivity index is 2.39. The number of hydrogen-bond acceptors (Lipinski definition) is 4. The SMILES string of the molecule is CC[C@H](C)NC(=O)[C@@H](C)N(Cc1ccc(F)cc1)C(=O)CN(c1ccccc1C)S(C)(=O)=O. The topological polar surface area (TPSA) is 86.8 Å². The zero-order valence-corrected chi connectivity index (χ0v) is 20.5. The molecule has 2 rings (SSSR count). The molecule has 1 N–H and O–H groups in total. The van der Waals surface area contributed by atoms with E-state index < -0.39 is 34.3 Å². The van der Waals surface area contributed by atoms with Gasteiger partial charge in [-0.3, -0.25) is 13.9 Å². The number of halogens is 1. The van der Waals surface area contributed by atoms with E-state index in [1.54, 1.807) is 38.1 Å². The highest BCUT2D eigenvalue weighted by atomic mass is 32.2. The van der Waals surface area contributed by atoms with Gasteiger partial charge < -0.3 is 10.2 Å². The molecule has 33 heavy (non-hydrogen) atoms. The Morgan fingerprint density at radius 1 is 1.06 bits per heavy atom. The summed E-state index contributed by atoms with van der Waals surface area (Å²) in [6, 6.07) is 11.5. The Labute approximate surface area is 195 Å². The fourth-order valence-corrected chi connectivity index (χ4v) is 4.18. The molecule has 2 atom stereocenters. The highest BCUT2D eigenvalue weighted by molar-refractivity contribution is 7.92. The van der Waals surface area contributed by atoms with Crippen molar-refractivity contribution in [1.82, 2.24) is 10.2 Å². The number of carbonyl (C=O) groups is 2. The van der Waals surface area contributed by atoms with Crippen molar-refractivity contribution in [3.05, 3.63) is 65.5 Å². The summed E-state index contributed by atoms with van der Waals surface area (Å²) in [6.45, 7) is 6.71. The van der Waals surface area contributed by atoms with Crippen molar-refractivity contribution in [3.8, 4) is 0 Å². The predicted octanol–water partition coefficient (Wildman–Crippen LogP) is 3.23. The van der Waals surface area contributed by atoms with Gasteiger partial charge in [0.05, 0.1) is 11.9 Å². The van der Waals surface area contributed by atoms with Crippen LogP contribution in [-0.4, -0.2) is 50.0 Å². The van der Waals surface area contributed by atoms with Crippen molar-refractivity contribution in [2.45, 2.75) is 52.7 Å². The lowest BCUT2D eigenvalue weighted by atomic mass is 10.1. The molecule has 0 aromatic heterocycles. The Kier molecular flexibility index (Phi) is 8.99. The Morgan fingerprint density at radius 3 is 2.21 bits per heavy atom. The first-order valence-electron chi connectivity index (χ1n) is 10.8. The largest absolute Gasteiger partial charge is 0.352 e. The minimum absolute atomic E-state index is 0.0274.